The molecule has 4 aliphatic heterocycles. The standard InChI is InChI=1S/C49H47BN2O4S2/c1-24-16-33-39-34(17-24)52(41-26(3)19-36-45(28(41)5)56-23-54-36)43-32-21-30(49(9,10)11)13-15-38(32)58-47(43)50(39)46-42(31-20-29(48(6,7)8)12-14-37(31)57-46)51(33)40-25(2)18-35-44(27(40)4)55-22-53-35/h12-21H,22-23H2,1-11H3. The third-order valence-electron chi connectivity index (χ3n) is 12.7. The van der Waals surface area contributed by atoms with E-state index < -0.39 is 0 Å². The number of hydrogen-bond donors (Lipinski definition) is 0. The van der Waals surface area contributed by atoms with Crippen LogP contribution in [0.4, 0.5) is 34.1 Å². The summed E-state index contributed by atoms with van der Waals surface area (Å²) in [6.45, 7) is 25.4. The first-order chi connectivity index (χ1) is 27.6. The van der Waals surface area contributed by atoms with Crippen molar-refractivity contribution in [2.75, 3.05) is 23.4 Å². The molecule has 0 unspecified atom stereocenters. The Morgan fingerprint density at radius 3 is 1.38 bits per heavy atom. The van der Waals surface area contributed by atoms with Crippen molar-refractivity contribution < 1.29 is 18.9 Å². The lowest BCUT2D eigenvalue weighted by Gasteiger charge is -2.43. The largest absolute Gasteiger partial charge is 0.454 e. The Labute approximate surface area is 349 Å². The quantitative estimate of drug-likeness (QED) is 0.162. The molecule has 2 aromatic heterocycles. The van der Waals surface area contributed by atoms with Gasteiger partial charge in [-0.05, 0) is 127 Å². The Bertz CT molecular complexity index is 2770. The first-order valence-electron chi connectivity index (χ1n) is 20.3. The van der Waals surface area contributed by atoms with Gasteiger partial charge >= 0.3 is 0 Å². The van der Waals surface area contributed by atoms with Gasteiger partial charge < -0.3 is 28.7 Å². The van der Waals surface area contributed by atoms with Gasteiger partial charge in [0.05, 0.1) is 22.7 Å². The molecule has 0 fully saturated rings. The normalized spacial score (nSPS) is 15.1. The lowest BCUT2D eigenvalue weighted by Crippen LogP contribution is -2.59. The summed E-state index contributed by atoms with van der Waals surface area (Å²) in [5.74, 6) is 3.29. The van der Waals surface area contributed by atoms with Crippen LogP contribution in [0.15, 0.2) is 60.7 Å². The van der Waals surface area contributed by atoms with Gasteiger partial charge in [0.25, 0.3) is 6.71 Å². The Hall–Kier alpha value is -5.12. The summed E-state index contributed by atoms with van der Waals surface area (Å²) in [5, 5.41) is 2.58. The molecule has 0 atom stereocenters. The first-order valence-corrected chi connectivity index (χ1v) is 21.9. The zero-order valence-electron chi connectivity index (χ0n) is 35.1. The Balaban J connectivity index is 1.30. The van der Waals surface area contributed by atoms with E-state index in [2.05, 4.69) is 147 Å². The molecular formula is C49H47BN2O4S2. The van der Waals surface area contributed by atoms with Crippen molar-refractivity contribution in [1.82, 2.24) is 0 Å². The average Bonchev–Trinajstić information content (AvgIpc) is 3.97. The molecule has 0 radical (unpaired) electrons. The predicted molar refractivity (Wildman–Crippen MR) is 245 cm³/mol. The first kappa shape index (κ1) is 36.0. The molecule has 5 aromatic carbocycles. The number of hydrogen-bond acceptors (Lipinski definition) is 8. The van der Waals surface area contributed by atoms with Gasteiger partial charge in [-0.2, -0.15) is 0 Å². The summed E-state index contributed by atoms with van der Waals surface area (Å²) in [6.07, 6.45) is 0. The number of anilines is 6. The lowest BCUT2D eigenvalue weighted by atomic mass is 9.39. The minimum absolute atomic E-state index is 0.0101. The molecule has 0 saturated carbocycles. The van der Waals surface area contributed by atoms with Crippen molar-refractivity contribution in [3.05, 3.63) is 99.6 Å². The number of fused-ring (bicyclic) bond motifs is 10. The fourth-order valence-corrected chi connectivity index (χ4v) is 12.6. The van der Waals surface area contributed by atoms with Crippen LogP contribution < -0.4 is 43.8 Å². The third kappa shape index (κ3) is 4.89. The maximum atomic E-state index is 6.20. The van der Waals surface area contributed by atoms with Crippen molar-refractivity contribution >= 4 is 98.7 Å². The SMILES string of the molecule is Cc1cc2c3c(c1)N(c1c(C)cc4c(c1C)OCO4)c1c(sc4ccc(C(C)(C)C)cc14)B3c1sc3ccc(C(C)(C)C)cc3c1N2c1c(C)cc2c(c1C)OCO2. The second-order valence-electron chi connectivity index (χ2n) is 18.7. The molecular weight excluding hydrogens is 755 g/mol. The molecule has 0 amide bonds. The van der Waals surface area contributed by atoms with E-state index in [1.807, 2.05) is 22.7 Å². The van der Waals surface area contributed by atoms with E-state index in [9.17, 15) is 0 Å². The van der Waals surface area contributed by atoms with E-state index in [0.29, 0.717) is 0 Å². The van der Waals surface area contributed by atoms with Gasteiger partial charge in [-0.15, -0.1) is 22.7 Å². The van der Waals surface area contributed by atoms with Crippen molar-refractivity contribution in [3.63, 3.8) is 0 Å². The molecule has 6 nitrogen and oxygen atoms in total. The smallest absolute Gasteiger partial charge is 0.277 e. The minimum Gasteiger partial charge on any atom is -0.454 e. The highest BCUT2D eigenvalue weighted by atomic mass is 32.1. The zero-order valence-corrected chi connectivity index (χ0v) is 36.7. The van der Waals surface area contributed by atoms with Crippen LogP contribution in [-0.2, 0) is 10.8 Å². The summed E-state index contributed by atoms with van der Waals surface area (Å²) in [6, 6.07) is 23.5. The van der Waals surface area contributed by atoms with Crippen LogP contribution in [0, 0.1) is 34.6 Å². The van der Waals surface area contributed by atoms with E-state index in [4.69, 9.17) is 18.9 Å². The molecule has 58 heavy (non-hydrogen) atoms. The van der Waals surface area contributed by atoms with Crippen LogP contribution in [0.2, 0.25) is 0 Å². The van der Waals surface area contributed by atoms with E-state index in [0.717, 1.165) is 56.6 Å². The molecule has 0 aliphatic carbocycles. The molecule has 0 spiro atoms. The maximum Gasteiger partial charge on any atom is 0.277 e. The maximum absolute atomic E-state index is 6.20. The van der Waals surface area contributed by atoms with Gasteiger partial charge in [0.1, 0.15) is 0 Å². The van der Waals surface area contributed by atoms with Gasteiger partial charge in [0.2, 0.25) is 13.6 Å². The third-order valence-corrected chi connectivity index (χ3v) is 15.1. The summed E-state index contributed by atoms with van der Waals surface area (Å²) in [7, 11) is 0. The summed E-state index contributed by atoms with van der Waals surface area (Å²) >= 11 is 3.90. The summed E-state index contributed by atoms with van der Waals surface area (Å²) in [5.41, 5.74) is 16.9. The molecule has 6 heterocycles. The molecule has 9 heteroatoms. The number of aryl methyl sites for hydroxylation is 3. The van der Waals surface area contributed by atoms with E-state index in [1.165, 1.54) is 74.6 Å². The zero-order chi connectivity index (χ0) is 40.3. The van der Waals surface area contributed by atoms with Gasteiger partial charge in [-0.1, -0.05) is 53.7 Å². The van der Waals surface area contributed by atoms with Gasteiger partial charge in [-0.25, -0.2) is 0 Å². The minimum atomic E-state index is -0.0101. The Kier molecular flexibility index (Phi) is 7.44. The number of thiophene rings is 2. The number of rotatable bonds is 2. The monoisotopic (exact) mass is 802 g/mol. The van der Waals surface area contributed by atoms with E-state index in [1.54, 1.807) is 0 Å². The molecule has 0 saturated heterocycles. The molecule has 11 rings (SSSR count). The van der Waals surface area contributed by atoms with E-state index >= 15 is 0 Å². The van der Waals surface area contributed by atoms with Crippen molar-refractivity contribution in [2.24, 2.45) is 0 Å². The van der Waals surface area contributed by atoms with Crippen LogP contribution in [0.3, 0.4) is 0 Å². The molecule has 292 valence electrons. The van der Waals surface area contributed by atoms with Crippen molar-refractivity contribution in [1.29, 1.82) is 0 Å². The fraction of sp³-hybridized carbons (Fsp3) is 0.306. The molecule has 4 aliphatic rings. The van der Waals surface area contributed by atoms with Crippen LogP contribution in [0.1, 0.15) is 80.5 Å². The summed E-state index contributed by atoms with van der Waals surface area (Å²) < 4.78 is 29.7. The Morgan fingerprint density at radius 2 is 0.966 bits per heavy atom. The highest BCUT2D eigenvalue weighted by molar-refractivity contribution is 7.40. The second-order valence-corrected chi connectivity index (χ2v) is 20.8. The topological polar surface area (TPSA) is 43.4 Å². The highest BCUT2D eigenvalue weighted by Gasteiger charge is 2.48. The Morgan fingerprint density at radius 1 is 0.534 bits per heavy atom. The van der Waals surface area contributed by atoms with Crippen LogP contribution in [-0.4, -0.2) is 20.3 Å². The fourth-order valence-electron chi connectivity index (χ4n) is 9.91. The number of nitrogens with zero attached hydrogens (tertiary/aromatic N) is 2. The second kappa shape index (κ2) is 12.0. The predicted octanol–water partition coefficient (Wildman–Crippen LogP) is 11.8. The highest BCUT2D eigenvalue weighted by Crippen LogP contribution is 2.56. The van der Waals surface area contributed by atoms with Crippen molar-refractivity contribution in [3.8, 4) is 23.0 Å². The molecule has 7 aromatic rings. The number of benzene rings is 5. The molecule has 0 bridgehead atoms. The van der Waals surface area contributed by atoms with E-state index in [-0.39, 0.29) is 31.1 Å². The van der Waals surface area contributed by atoms with Crippen LogP contribution >= 0.6 is 22.7 Å². The van der Waals surface area contributed by atoms with Crippen LogP contribution in [0.5, 0.6) is 23.0 Å². The van der Waals surface area contributed by atoms with Gasteiger partial charge in [0.15, 0.2) is 23.0 Å². The molecule has 0 N–H and O–H groups in total. The van der Waals surface area contributed by atoms with Gasteiger partial charge in [0, 0.05) is 52.2 Å². The van der Waals surface area contributed by atoms with Crippen LogP contribution in [0.25, 0.3) is 20.2 Å². The van der Waals surface area contributed by atoms with Gasteiger partial charge in [-0.3, -0.25) is 0 Å². The summed E-state index contributed by atoms with van der Waals surface area (Å²) in [4.78, 5) is 5.17. The average molecular weight is 803 g/mol. The lowest BCUT2D eigenvalue weighted by molar-refractivity contribution is 0.173. The van der Waals surface area contributed by atoms with Crippen molar-refractivity contribution in [2.45, 2.75) is 87.0 Å². The number of ether oxygens (including phenoxy) is 4.